The molecule has 0 amide bonds. The fraction of sp³-hybridized carbons (Fsp3) is 0.714. The molecule has 1 fully saturated rings. The van der Waals surface area contributed by atoms with Crippen LogP contribution in [0, 0.1) is 0 Å². The van der Waals surface area contributed by atoms with Gasteiger partial charge in [-0.3, -0.25) is 18.6 Å². The summed E-state index contributed by atoms with van der Waals surface area (Å²) in [7, 11) is -5.15. The smallest absolute Gasteiger partial charge is 0.462 e. The first kappa shape index (κ1) is 58.3. The van der Waals surface area contributed by atoms with Crippen LogP contribution in [0.25, 0.3) is 0 Å². The lowest BCUT2D eigenvalue weighted by molar-refractivity contribution is -0.220. The SMILES string of the molecule is CCCCCCCC/C=C/C/C=C/C/C=C/CCCC(=O)OC[C@@H](COP(=O)(O)OC1C(O)C(O)C(O)[C@H](O)C1O)OC(=O)CCC/C=C/C/C=C/C/C=C/CCCCCCCC. The molecule has 13 nitrogen and oxygen atoms in total. The molecule has 0 heterocycles. The van der Waals surface area contributed by atoms with E-state index >= 15 is 0 Å². The topological polar surface area (TPSA) is 210 Å². The molecule has 0 spiro atoms. The minimum Gasteiger partial charge on any atom is -0.462 e. The monoisotopic (exact) mass is 911 g/mol. The molecular formula is C49H83O13P. The van der Waals surface area contributed by atoms with E-state index < -0.39 is 75.7 Å². The van der Waals surface area contributed by atoms with Crippen molar-refractivity contribution in [2.75, 3.05) is 13.2 Å². The van der Waals surface area contributed by atoms with Gasteiger partial charge >= 0.3 is 19.8 Å². The first-order chi connectivity index (χ1) is 30.4. The summed E-state index contributed by atoms with van der Waals surface area (Å²) in [5.41, 5.74) is 0. The van der Waals surface area contributed by atoms with Crippen molar-refractivity contribution in [1.29, 1.82) is 0 Å². The number of aliphatic hydroxyl groups is 5. The van der Waals surface area contributed by atoms with Gasteiger partial charge in [0.25, 0.3) is 0 Å². The Kier molecular flexibility index (Phi) is 35.7. The van der Waals surface area contributed by atoms with Crippen LogP contribution < -0.4 is 0 Å². The average molecular weight is 911 g/mol. The fourth-order valence-corrected chi connectivity index (χ4v) is 7.64. The molecular weight excluding hydrogens is 827 g/mol. The molecule has 0 aromatic heterocycles. The number of aliphatic hydroxyl groups excluding tert-OH is 5. The zero-order chi connectivity index (χ0) is 46.4. The summed E-state index contributed by atoms with van der Waals surface area (Å²) >= 11 is 0. The van der Waals surface area contributed by atoms with Crippen molar-refractivity contribution in [2.45, 2.75) is 211 Å². The van der Waals surface area contributed by atoms with Gasteiger partial charge in [-0.25, -0.2) is 4.57 Å². The third-order valence-corrected chi connectivity index (χ3v) is 11.5. The molecule has 1 saturated carbocycles. The highest BCUT2D eigenvalue weighted by Gasteiger charge is 2.51. The maximum atomic E-state index is 12.8. The number of unbranched alkanes of at least 4 members (excludes halogenated alkanes) is 14. The molecule has 0 aromatic rings. The molecule has 6 unspecified atom stereocenters. The minimum absolute atomic E-state index is 0.0113. The molecule has 362 valence electrons. The van der Waals surface area contributed by atoms with Crippen LogP contribution in [0.3, 0.4) is 0 Å². The van der Waals surface area contributed by atoms with Gasteiger partial charge in [0.05, 0.1) is 6.61 Å². The van der Waals surface area contributed by atoms with Crippen LogP contribution in [-0.4, -0.2) is 98.3 Å². The Bertz CT molecular complexity index is 1380. The van der Waals surface area contributed by atoms with Gasteiger partial charge in [-0.1, -0.05) is 151 Å². The van der Waals surface area contributed by atoms with Gasteiger partial charge < -0.3 is 39.9 Å². The zero-order valence-corrected chi connectivity index (χ0v) is 39.2. The van der Waals surface area contributed by atoms with Crippen molar-refractivity contribution in [2.24, 2.45) is 0 Å². The van der Waals surface area contributed by atoms with E-state index in [1.165, 1.54) is 77.0 Å². The Balaban J connectivity index is 2.53. The van der Waals surface area contributed by atoms with Crippen LogP contribution in [-0.2, 0) is 32.7 Å². The largest absolute Gasteiger partial charge is 0.472 e. The number of ether oxygens (including phenoxy) is 2. The van der Waals surface area contributed by atoms with Crippen molar-refractivity contribution in [3.63, 3.8) is 0 Å². The standard InChI is InChI=1S/C49H83O13P/c1-3-5-7-9-11-13-15-17-19-21-23-25-27-29-31-33-35-37-42(50)59-39-41(40-60-63(57,58)62-49-47(55)45(53)44(52)46(54)48(49)56)61-43(51)38-36-34-32-30-28-26-24-22-20-18-16-14-12-10-8-6-4-2/h17-20,23-26,29-32,41,44-49,52-56H,3-16,21-22,27-28,33-40H2,1-2H3,(H,57,58)/b19-17+,20-18+,25-23+,26-24+,31-29+,32-30+/t41-,44?,45-,46?,47?,48?,49?/m0/s1. The molecule has 63 heavy (non-hydrogen) atoms. The highest BCUT2D eigenvalue weighted by molar-refractivity contribution is 7.47. The third kappa shape index (κ3) is 31.0. The maximum Gasteiger partial charge on any atom is 0.472 e. The highest BCUT2D eigenvalue weighted by Crippen LogP contribution is 2.47. The second-order valence-corrected chi connectivity index (χ2v) is 17.7. The number of hydrogen-bond donors (Lipinski definition) is 6. The van der Waals surface area contributed by atoms with E-state index in [2.05, 4.69) is 62.5 Å². The Morgan fingerprint density at radius 2 is 0.857 bits per heavy atom. The van der Waals surface area contributed by atoms with Crippen molar-refractivity contribution in [1.82, 2.24) is 0 Å². The van der Waals surface area contributed by atoms with Crippen LogP contribution in [0.1, 0.15) is 168 Å². The molecule has 14 heteroatoms. The Morgan fingerprint density at radius 1 is 0.492 bits per heavy atom. The lowest BCUT2D eigenvalue weighted by Gasteiger charge is -2.41. The Labute approximate surface area is 378 Å². The van der Waals surface area contributed by atoms with Crippen LogP contribution in [0.5, 0.6) is 0 Å². The van der Waals surface area contributed by atoms with E-state index in [0.717, 1.165) is 38.5 Å². The van der Waals surface area contributed by atoms with E-state index in [1.54, 1.807) is 0 Å². The molecule has 1 aliphatic rings. The quantitative estimate of drug-likeness (QED) is 0.0148. The van der Waals surface area contributed by atoms with Gasteiger partial charge in [0.1, 0.15) is 43.2 Å². The number of allylic oxidation sites excluding steroid dienone is 12. The molecule has 1 aliphatic carbocycles. The summed E-state index contributed by atoms with van der Waals surface area (Å²) in [4.78, 5) is 35.7. The van der Waals surface area contributed by atoms with Crippen molar-refractivity contribution in [3.05, 3.63) is 72.9 Å². The van der Waals surface area contributed by atoms with Gasteiger partial charge in [-0.2, -0.15) is 0 Å². The number of phosphoric acid groups is 1. The summed E-state index contributed by atoms with van der Waals surface area (Å²) in [6, 6.07) is 0. The molecule has 6 N–H and O–H groups in total. The van der Waals surface area contributed by atoms with E-state index in [4.69, 9.17) is 18.5 Å². The van der Waals surface area contributed by atoms with Gasteiger partial charge in [-0.15, -0.1) is 0 Å². The van der Waals surface area contributed by atoms with Crippen LogP contribution in [0.4, 0.5) is 0 Å². The summed E-state index contributed by atoms with van der Waals surface area (Å²) in [5, 5.41) is 50.1. The molecule has 1 rings (SSSR count). The first-order valence-corrected chi connectivity index (χ1v) is 25.2. The normalized spacial score (nSPS) is 22.3. The van der Waals surface area contributed by atoms with Gasteiger partial charge in [-0.05, 0) is 77.0 Å². The summed E-state index contributed by atoms with van der Waals surface area (Å²) in [5.74, 6) is -1.23. The molecule has 0 radical (unpaired) electrons. The molecule has 0 aliphatic heterocycles. The third-order valence-electron chi connectivity index (χ3n) is 10.5. The second-order valence-electron chi connectivity index (χ2n) is 16.3. The predicted molar refractivity (Wildman–Crippen MR) is 249 cm³/mol. The van der Waals surface area contributed by atoms with E-state index in [9.17, 15) is 44.6 Å². The number of rotatable bonds is 38. The minimum atomic E-state index is -5.15. The van der Waals surface area contributed by atoms with Crippen LogP contribution >= 0.6 is 7.82 Å². The van der Waals surface area contributed by atoms with Gasteiger partial charge in [0, 0.05) is 12.8 Å². The highest BCUT2D eigenvalue weighted by atomic mass is 31.2. The fourth-order valence-electron chi connectivity index (χ4n) is 6.67. The summed E-state index contributed by atoms with van der Waals surface area (Å²) < 4.78 is 33.4. The lowest BCUT2D eigenvalue weighted by Crippen LogP contribution is -2.64. The van der Waals surface area contributed by atoms with E-state index in [-0.39, 0.29) is 12.8 Å². The van der Waals surface area contributed by atoms with Gasteiger partial charge in [0.2, 0.25) is 0 Å². The number of carbonyl (C=O) groups is 2. The van der Waals surface area contributed by atoms with Crippen molar-refractivity contribution < 1.29 is 63.1 Å². The zero-order valence-electron chi connectivity index (χ0n) is 38.3. The summed E-state index contributed by atoms with van der Waals surface area (Å²) in [6.07, 6.45) is 35.4. The van der Waals surface area contributed by atoms with Crippen molar-refractivity contribution in [3.8, 4) is 0 Å². The first-order valence-electron chi connectivity index (χ1n) is 23.7. The maximum absolute atomic E-state index is 12.8. The molecule has 0 aromatic carbocycles. The molecule has 0 bridgehead atoms. The van der Waals surface area contributed by atoms with Gasteiger partial charge in [0.15, 0.2) is 6.10 Å². The Morgan fingerprint density at radius 3 is 1.30 bits per heavy atom. The number of hydrogen-bond acceptors (Lipinski definition) is 12. The lowest BCUT2D eigenvalue weighted by atomic mass is 9.85. The molecule has 0 saturated heterocycles. The second kappa shape index (κ2) is 38.5. The number of carbonyl (C=O) groups excluding carboxylic acids is 2. The Hall–Kier alpha value is -2.71. The number of esters is 2. The van der Waals surface area contributed by atoms with E-state index in [1.807, 2.05) is 24.3 Å². The van der Waals surface area contributed by atoms with Crippen LogP contribution in [0.2, 0.25) is 0 Å². The molecule has 8 atom stereocenters. The average Bonchev–Trinajstić information content (AvgIpc) is 3.26. The number of phosphoric ester groups is 1. The van der Waals surface area contributed by atoms with Crippen molar-refractivity contribution >= 4 is 19.8 Å². The summed E-state index contributed by atoms with van der Waals surface area (Å²) in [6.45, 7) is 3.19. The van der Waals surface area contributed by atoms with Crippen LogP contribution in [0.15, 0.2) is 72.9 Å². The van der Waals surface area contributed by atoms with E-state index in [0.29, 0.717) is 25.7 Å². The predicted octanol–water partition coefficient (Wildman–Crippen LogP) is 9.50.